The van der Waals surface area contributed by atoms with E-state index in [2.05, 4.69) is 6.58 Å². The molecule has 1 aromatic heterocycles. The number of sulfonamides is 1. The summed E-state index contributed by atoms with van der Waals surface area (Å²) in [4.78, 5) is 61.8. The molecule has 15 heteroatoms. The largest absolute Gasteiger partial charge is 0.508 e. The van der Waals surface area contributed by atoms with Crippen molar-refractivity contribution >= 4 is 44.6 Å². The van der Waals surface area contributed by atoms with E-state index in [1.54, 1.807) is 61.3 Å². The van der Waals surface area contributed by atoms with E-state index in [0.29, 0.717) is 17.4 Å². The van der Waals surface area contributed by atoms with Crippen LogP contribution in [0, 0.1) is 0 Å². The summed E-state index contributed by atoms with van der Waals surface area (Å²) in [6.45, 7) is 5.23. The number of rotatable bonds is 11. The fraction of sp³-hybridized carbons (Fsp3) is 0.366. The van der Waals surface area contributed by atoms with Crippen molar-refractivity contribution in [2.45, 2.75) is 38.0 Å². The summed E-state index contributed by atoms with van der Waals surface area (Å²) in [6, 6.07) is 20.9. The number of amides is 4. The summed E-state index contributed by atoms with van der Waals surface area (Å²) < 4.78 is 27.4. The lowest BCUT2D eigenvalue weighted by Gasteiger charge is -2.55. The zero-order chi connectivity index (χ0) is 39.7. The molecule has 2 atom stereocenters. The average Bonchev–Trinajstić information content (AvgIpc) is 3.53. The summed E-state index contributed by atoms with van der Waals surface area (Å²) in [7, 11) is -1.51. The van der Waals surface area contributed by atoms with Gasteiger partial charge < -0.3 is 24.4 Å². The molecule has 0 radical (unpaired) electrons. The fourth-order valence-corrected chi connectivity index (χ4v) is 9.05. The van der Waals surface area contributed by atoms with Gasteiger partial charge in [-0.15, -0.1) is 6.58 Å². The van der Waals surface area contributed by atoms with Crippen LogP contribution in [0.4, 0.5) is 0 Å². The van der Waals surface area contributed by atoms with Crippen molar-refractivity contribution in [1.82, 2.24) is 33.6 Å². The van der Waals surface area contributed by atoms with Gasteiger partial charge in [0.25, 0.3) is 5.91 Å². The van der Waals surface area contributed by atoms with E-state index in [4.69, 9.17) is 0 Å². The normalized spacial score (nSPS) is 19.8. The lowest BCUT2D eigenvalue weighted by Crippen LogP contribution is -2.75. The SMILES string of the molecule is C=CCN1CC(=O)N2[C@@H](Cc3ccc(O)cc3)C(=O)N(Cc3cccc4c(C(=O)N5CCN(S(C)(=O)=O)CC5)cn(C)c34)C[C@@H]2N1C(=O)CCc1ccccc1. The van der Waals surface area contributed by atoms with Crippen molar-refractivity contribution < 1.29 is 32.7 Å². The highest BCUT2D eigenvalue weighted by Gasteiger charge is 2.51. The molecule has 3 fully saturated rings. The number of aryl methyl sites for hydroxylation is 2. The Hall–Kier alpha value is -5.51. The number of benzene rings is 3. The average molecular weight is 782 g/mol. The molecule has 1 N–H and O–H groups in total. The molecule has 4 amide bonds. The van der Waals surface area contributed by atoms with Crippen LogP contribution in [0.5, 0.6) is 5.75 Å². The molecule has 4 aromatic rings. The monoisotopic (exact) mass is 781 g/mol. The van der Waals surface area contributed by atoms with Crippen LogP contribution in [0.2, 0.25) is 0 Å². The predicted molar refractivity (Wildman–Crippen MR) is 210 cm³/mol. The number of fused-ring (bicyclic) bond motifs is 2. The molecule has 294 valence electrons. The van der Waals surface area contributed by atoms with Crippen molar-refractivity contribution in [1.29, 1.82) is 0 Å². The summed E-state index contributed by atoms with van der Waals surface area (Å²) in [6.07, 6.45) is 4.66. The zero-order valence-electron chi connectivity index (χ0n) is 31.7. The predicted octanol–water partition coefficient (Wildman–Crippen LogP) is 2.59. The molecule has 0 aliphatic carbocycles. The third kappa shape index (κ3) is 7.79. The molecule has 4 heterocycles. The highest BCUT2D eigenvalue weighted by molar-refractivity contribution is 7.88. The molecule has 3 aromatic carbocycles. The van der Waals surface area contributed by atoms with Gasteiger partial charge in [0.15, 0.2) is 0 Å². The van der Waals surface area contributed by atoms with Crippen molar-refractivity contribution in [2.75, 3.05) is 52.1 Å². The Morgan fingerprint density at radius 1 is 0.929 bits per heavy atom. The number of hydrogen-bond acceptors (Lipinski definition) is 8. The number of hydrazine groups is 1. The molecule has 14 nitrogen and oxygen atoms in total. The van der Waals surface area contributed by atoms with Gasteiger partial charge in [-0.3, -0.25) is 19.2 Å². The lowest BCUT2D eigenvalue weighted by molar-refractivity contribution is -0.205. The van der Waals surface area contributed by atoms with Crippen LogP contribution in [0.3, 0.4) is 0 Å². The molecule has 0 unspecified atom stereocenters. The first-order valence-electron chi connectivity index (χ1n) is 18.7. The maximum atomic E-state index is 14.7. The molecule has 7 rings (SSSR count). The first-order chi connectivity index (χ1) is 26.8. The van der Waals surface area contributed by atoms with Crippen molar-refractivity contribution in [3.8, 4) is 5.75 Å². The van der Waals surface area contributed by atoms with Crippen LogP contribution in [0.1, 0.15) is 33.5 Å². The van der Waals surface area contributed by atoms with Crippen LogP contribution in [0.25, 0.3) is 10.9 Å². The van der Waals surface area contributed by atoms with Gasteiger partial charge in [0.2, 0.25) is 27.7 Å². The number of carbonyl (C=O) groups is 4. The Kier molecular flexibility index (Phi) is 11.0. The molecule has 56 heavy (non-hydrogen) atoms. The van der Waals surface area contributed by atoms with Crippen LogP contribution < -0.4 is 0 Å². The molecule has 0 bridgehead atoms. The van der Waals surface area contributed by atoms with Gasteiger partial charge in [-0.1, -0.05) is 66.7 Å². The molecular formula is C41H47N7O7S. The van der Waals surface area contributed by atoms with Gasteiger partial charge >= 0.3 is 0 Å². The summed E-state index contributed by atoms with van der Waals surface area (Å²) in [5.74, 6) is -0.848. The highest BCUT2D eigenvalue weighted by Crippen LogP contribution is 2.32. The van der Waals surface area contributed by atoms with E-state index >= 15 is 0 Å². The second-order valence-electron chi connectivity index (χ2n) is 14.7. The van der Waals surface area contributed by atoms with Crippen molar-refractivity contribution in [3.05, 3.63) is 114 Å². The highest BCUT2D eigenvalue weighted by atomic mass is 32.2. The number of carbonyl (C=O) groups excluding carboxylic acids is 4. The molecular weight excluding hydrogens is 735 g/mol. The molecule has 0 saturated carbocycles. The minimum absolute atomic E-state index is 0.0542. The number of hydrogen-bond donors (Lipinski definition) is 1. The van der Waals surface area contributed by atoms with E-state index in [1.165, 1.54) is 10.6 Å². The number of aromatic hydroxyl groups is 1. The van der Waals surface area contributed by atoms with Crippen LogP contribution in [0.15, 0.2) is 91.6 Å². The number of piperazine rings is 2. The first kappa shape index (κ1) is 38.8. The third-order valence-electron chi connectivity index (χ3n) is 10.9. The van der Waals surface area contributed by atoms with Gasteiger partial charge in [-0.25, -0.2) is 18.4 Å². The van der Waals surface area contributed by atoms with Crippen molar-refractivity contribution in [3.63, 3.8) is 0 Å². The number of phenolic OH excluding ortho intramolecular Hbond substituents is 1. The minimum atomic E-state index is -3.36. The third-order valence-corrected chi connectivity index (χ3v) is 12.2. The molecule has 3 aliphatic heterocycles. The van der Waals surface area contributed by atoms with Gasteiger partial charge in [0.1, 0.15) is 18.0 Å². The summed E-state index contributed by atoms with van der Waals surface area (Å²) in [5, 5.41) is 14.0. The standard InChI is InChI=1S/C41H47N7O7S/c1-4-19-45-28-38(51)47-35(24-30-13-16-32(49)17-14-30)41(53)44(27-36(47)48(45)37(50)18-15-29-9-6-5-7-10-29)25-31-11-8-12-33-34(26-42(2)39(31)33)40(52)43-20-22-46(23-21-43)56(3,54)55/h4-14,16-17,26,35-36,49H,1,15,18-25,27-28H2,2-3H3/t35-,36-/m0/s1. The Morgan fingerprint density at radius 3 is 2.32 bits per heavy atom. The van der Waals surface area contributed by atoms with Crippen LogP contribution >= 0.6 is 0 Å². The van der Waals surface area contributed by atoms with Crippen LogP contribution in [-0.2, 0) is 50.8 Å². The summed E-state index contributed by atoms with van der Waals surface area (Å²) >= 11 is 0. The number of para-hydroxylation sites is 1. The van der Waals surface area contributed by atoms with Crippen molar-refractivity contribution in [2.24, 2.45) is 7.05 Å². The molecule has 3 saturated heterocycles. The molecule has 0 spiro atoms. The lowest BCUT2D eigenvalue weighted by atomic mass is 9.97. The topological polar surface area (TPSA) is 147 Å². The van der Waals surface area contributed by atoms with Gasteiger partial charge in [0.05, 0.1) is 30.4 Å². The van der Waals surface area contributed by atoms with Gasteiger partial charge in [-0.05, 0) is 35.2 Å². The first-order valence-corrected chi connectivity index (χ1v) is 20.6. The van der Waals surface area contributed by atoms with Crippen LogP contribution in [-0.4, -0.2) is 135 Å². The fourth-order valence-electron chi connectivity index (χ4n) is 8.22. The zero-order valence-corrected chi connectivity index (χ0v) is 32.5. The van der Waals surface area contributed by atoms with E-state index in [-0.39, 0.29) is 94.6 Å². The smallest absolute Gasteiger partial charge is 0.256 e. The second-order valence-corrected chi connectivity index (χ2v) is 16.7. The van der Waals surface area contributed by atoms with E-state index < -0.39 is 22.2 Å². The Morgan fingerprint density at radius 2 is 1.64 bits per heavy atom. The Balaban J connectivity index is 1.22. The van der Waals surface area contributed by atoms with E-state index in [9.17, 15) is 32.7 Å². The Labute approximate surface area is 326 Å². The minimum Gasteiger partial charge on any atom is -0.508 e. The molecule has 3 aliphatic rings. The van der Waals surface area contributed by atoms with E-state index in [1.807, 2.05) is 60.1 Å². The number of nitrogens with zero attached hydrogens (tertiary/aromatic N) is 7. The van der Waals surface area contributed by atoms with Gasteiger partial charge in [-0.2, -0.15) is 4.31 Å². The van der Waals surface area contributed by atoms with Gasteiger partial charge in [0, 0.05) is 70.7 Å². The second kappa shape index (κ2) is 15.9. The maximum absolute atomic E-state index is 14.7. The quantitative estimate of drug-likeness (QED) is 0.229. The number of phenols is 1. The number of aromatic nitrogens is 1. The van der Waals surface area contributed by atoms with E-state index in [0.717, 1.165) is 22.2 Å². The Bertz CT molecular complexity index is 2250. The maximum Gasteiger partial charge on any atom is 0.256 e. The summed E-state index contributed by atoms with van der Waals surface area (Å²) in [5.41, 5.74) is 3.78.